The van der Waals surface area contributed by atoms with E-state index < -0.39 is 17.9 Å². The van der Waals surface area contributed by atoms with E-state index in [0.29, 0.717) is 34.1 Å². The summed E-state index contributed by atoms with van der Waals surface area (Å²) in [6.45, 7) is 0.270. The second kappa shape index (κ2) is 7.56. The van der Waals surface area contributed by atoms with Gasteiger partial charge in [0, 0.05) is 29.5 Å². The predicted molar refractivity (Wildman–Crippen MR) is 115 cm³/mol. The van der Waals surface area contributed by atoms with Gasteiger partial charge in [0.15, 0.2) is 0 Å². The minimum atomic E-state index is -0.666. The van der Waals surface area contributed by atoms with Gasteiger partial charge in [-0.2, -0.15) is 0 Å². The van der Waals surface area contributed by atoms with E-state index >= 15 is 0 Å². The van der Waals surface area contributed by atoms with Gasteiger partial charge in [0.25, 0.3) is 5.91 Å². The lowest BCUT2D eigenvalue weighted by molar-refractivity contribution is -0.136. The Morgan fingerprint density at radius 2 is 1.94 bits per heavy atom. The van der Waals surface area contributed by atoms with Crippen LogP contribution in [0, 0.1) is 0 Å². The van der Waals surface area contributed by atoms with E-state index in [1.54, 1.807) is 18.2 Å². The molecule has 2 aliphatic rings. The summed E-state index contributed by atoms with van der Waals surface area (Å²) in [7, 11) is 1.34. The van der Waals surface area contributed by atoms with Gasteiger partial charge in [0.2, 0.25) is 11.8 Å². The first-order valence-electron chi connectivity index (χ1n) is 10.2. The number of benzene rings is 2. The molecular weight excluding hydrogens is 410 g/mol. The molecule has 32 heavy (non-hydrogen) atoms. The molecule has 1 saturated heterocycles. The van der Waals surface area contributed by atoms with Gasteiger partial charge in [0.1, 0.15) is 6.04 Å². The van der Waals surface area contributed by atoms with Gasteiger partial charge in [-0.25, -0.2) is 9.78 Å². The van der Waals surface area contributed by atoms with Crippen LogP contribution in [0.5, 0.6) is 0 Å². The summed E-state index contributed by atoms with van der Waals surface area (Å²) in [5.74, 6) is -1.45. The fourth-order valence-electron chi connectivity index (χ4n) is 4.34. The van der Waals surface area contributed by atoms with Crippen LogP contribution in [-0.4, -0.2) is 46.7 Å². The Kier molecular flexibility index (Phi) is 4.70. The molecule has 1 aromatic heterocycles. The molecule has 3 aromatic rings. The van der Waals surface area contributed by atoms with E-state index in [-0.39, 0.29) is 24.8 Å². The van der Waals surface area contributed by atoms with E-state index in [2.05, 4.69) is 10.3 Å². The molecule has 160 valence electrons. The topological polar surface area (TPSA) is 106 Å². The number of pyridine rings is 1. The van der Waals surface area contributed by atoms with Crippen LogP contribution in [0.4, 0.5) is 0 Å². The maximum absolute atomic E-state index is 12.9. The first kappa shape index (κ1) is 19.9. The highest BCUT2D eigenvalue weighted by Gasteiger charge is 2.39. The first-order chi connectivity index (χ1) is 15.5. The first-order valence-corrected chi connectivity index (χ1v) is 10.2. The maximum Gasteiger partial charge on any atom is 0.338 e. The number of esters is 1. The molecular formula is C24H19N3O5. The molecule has 8 nitrogen and oxygen atoms in total. The van der Waals surface area contributed by atoms with Crippen LogP contribution < -0.4 is 5.32 Å². The number of amides is 3. The second-order valence-electron chi connectivity index (χ2n) is 7.84. The average molecular weight is 429 g/mol. The molecule has 2 aromatic carbocycles. The van der Waals surface area contributed by atoms with Crippen molar-refractivity contribution in [3.05, 3.63) is 65.2 Å². The molecule has 0 spiro atoms. The monoisotopic (exact) mass is 429 g/mol. The number of hydrogen-bond donors (Lipinski definition) is 1. The van der Waals surface area contributed by atoms with Gasteiger partial charge < -0.3 is 9.64 Å². The molecule has 0 bridgehead atoms. The Hall–Kier alpha value is -4.07. The lowest BCUT2D eigenvalue weighted by Crippen LogP contribution is -2.52. The number of hydrogen-bond acceptors (Lipinski definition) is 6. The Morgan fingerprint density at radius 3 is 2.72 bits per heavy atom. The quantitative estimate of drug-likeness (QED) is 0.506. The molecule has 0 radical (unpaired) electrons. The van der Waals surface area contributed by atoms with Gasteiger partial charge in [-0.15, -0.1) is 0 Å². The number of rotatable bonds is 3. The van der Waals surface area contributed by atoms with Gasteiger partial charge in [0.05, 0.1) is 23.9 Å². The van der Waals surface area contributed by atoms with E-state index in [0.717, 1.165) is 11.1 Å². The van der Waals surface area contributed by atoms with Crippen LogP contribution in [0.25, 0.3) is 22.2 Å². The fourth-order valence-corrected chi connectivity index (χ4v) is 4.34. The molecule has 1 fully saturated rings. The Labute approximate surface area is 183 Å². The molecule has 8 heteroatoms. The van der Waals surface area contributed by atoms with Crippen molar-refractivity contribution >= 4 is 34.6 Å². The van der Waals surface area contributed by atoms with Crippen molar-refractivity contribution in [2.45, 2.75) is 25.4 Å². The zero-order chi connectivity index (χ0) is 22.4. The number of nitrogens with one attached hydrogen (secondary N) is 1. The van der Waals surface area contributed by atoms with Crippen LogP contribution in [0.2, 0.25) is 0 Å². The summed E-state index contributed by atoms with van der Waals surface area (Å²) in [5, 5.41) is 3.00. The number of carbonyl (C=O) groups excluding carboxylic acids is 4. The largest absolute Gasteiger partial charge is 0.465 e. The van der Waals surface area contributed by atoms with Crippen LogP contribution >= 0.6 is 0 Å². The average Bonchev–Trinajstić information content (AvgIpc) is 3.13. The highest BCUT2D eigenvalue weighted by molar-refractivity contribution is 6.06. The number of fused-ring (bicyclic) bond motifs is 2. The fraction of sp³-hybridized carbons (Fsp3) is 0.208. The normalized spacial score (nSPS) is 18.0. The van der Waals surface area contributed by atoms with Gasteiger partial charge in [-0.1, -0.05) is 24.3 Å². The van der Waals surface area contributed by atoms with Crippen LogP contribution in [-0.2, 0) is 20.9 Å². The molecule has 0 saturated carbocycles. The zero-order valence-corrected chi connectivity index (χ0v) is 17.3. The summed E-state index contributed by atoms with van der Waals surface area (Å²) < 4.78 is 4.94. The summed E-state index contributed by atoms with van der Waals surface area (Å²) in [6, 6.07) is 13.7. The maximum atomic E-state index is 12.9. The molecule has 2 aliphatic heterocycles. The Bertz CT molecular complexity index is 1320. The van der Waals surface area contributed by atoms with Gasteiger partial charge in [-0.3, -0.25) is 19.7 Å². The van der Waals surface area contributed by atoms with E-state index in [1.165, 1.54) is 12.0 Å². The number of para-hydroxylation sites is 1. The second-order valence-corrected chi connectivity index (χ2v) is 7.84. The number of piperidine rings is 1. The standard InChI is InChI=1S/C24H19N3O5/c1-32-24(31)17-11-19(25-18-5-3-2-4-16(17)18)13-6-7-15-14(10-13)12-27(23(15)30)20-8-9-21(28)26-22(20)29/h2-7,10-11,20H,8-9,12H2,1H3,(H,26,28,29). The summed E-state index contributed by atoms with van der Waals surface area (Å²) >= 11 is 0. The number of methoxy groups -OCH3 is 1. The lowest BCUT2D eigenvalue weighted by Gasteiger charge is -2.29. The predicted octanol–water partition coefficient (Wildman–Crippen LogP) is 2.45. The Balaban J connectivity index is 1.52. The van der Waals surface area contributed by atoms with Crippen LogP contribution in [0.3, 0.4) is 0 Å². The third-order valence-corrected chi connectivity index (χ3v) is 5.94. The number of nitrogens with zero attached hydrogens (tertiary/aromatic N) is 2. The minimum Gasteiger partial charge on any atom is -0.465 e. The van der Waals surface area contributed by atoms with Crippen molar-refractivity contribution in [1.82, 2.24) is 15.2 Å². The zero-order valence-electron chi connectivity index (χ0n) is 17.3. The molecule has 1 atom stereocenters. The molecule has 3 amide bonds. The van der Waals surface area contributed by atoms with E-state index in [9.17, 15) is 19.2 Å². The van der Waals surface area contributed by atoms with Crippen LogP contribution in [0.15, 0.2) is 48.5 Å². The highest BCUT2D eigenvalue weighted by Crippen LogP contribution is 2.32. The molecule has 3 heterocycles. The number of ether oxygens (including phenoxy) is 1. The molecule has 5 rings (SSSR count). The smallest absolute Gasteiger partial charge is 0.338 e. The summed E-state index contributed by atoms with van der Waals surface area (Å²) in [5.41, 5.74) is 3.69. The van der Waals surface area contributed by atoms with Gasteiger partial charge >= 0.3 is 5.97 Å². The Morgan fingerprint density at radius 1 is 1.12 bits per heavy atom. The summed E-state index contributed by atoms with van der Waals surface area (Å²) in [4.78, 5) is 55.2. The summed E-state index contributed by atoms with van der Waals surface area (Å²) in [6.07, 6.45) is 0.519. The SMILES string of the molecule is COC(=O)c1cc(-c2ccc3c(c2)CN(C2CCC(=O)NC2=O)C3=O)nc2ccccc12. The van der Waals surface area contributed by atoms with Crippen molar-refractivity contribution in [1.29, 1.82) is 0 Å². The van der Waals surface area contributed by atoms with Gasteiger partial charge in [-0.05, 0) is 36.2 Å². The van der Waals surface area contributed by atoms with Crippen molar-refractivity contribution in [3.63, 3.8) is 0 Å². The van der Waals surface area contributed by atoms with E-state index in [1.807, 2.05) is 30.3 Å². The number of aromatic nitrogens is 1. The lowest BCUT2D eigenvalue weighted by atomic mass is 10.0. The molecule has 1 N–H and O–H groups in total. The molecule has 0 aliphatic carbocycles. The highest BCUT2D eigenvalue weighted by atomic mass is 16.5. The number of carbonyl (C=O) groups is 4. The third kappa shape index (κ3) is 3.20. The third-order valence-electron chi connectivity index (χ3n) is 5.94. The molecule has 1 unspecified atom stereocenters. The van der Waals surface area contributed by atoms with Crippen molar-refractivity contribution < 1.29 is 23.9 Å². The van der Waals surface area contributed by atoms with Crippen molar-refractivity contribution in [2.24, 2.45) is 0 Å². The minimum absolute atomic E-state index is 0.207. The van der Waals surface area contributed by atoms with Crippen LogP contribution in [0.1, 0.15) is 39.1 Å². The van der Waals surface area contributed by atoms with Crippen molar-refractivity contribution in [3.8, 4) is 11.3 Å². The number of imide groups is 1. The van der Waals surface area contributed by atoms with E-state index in [4.69, 9.17) is 4.74 Å². The van der Waals surface area contributed by atoms with Crippen molar-refractivity contribution in [2.75, 3.05) is 7.11 Å².